The van der Waals surface area contributed by atoms with Gasteiger partial charge in [0.25, 0.3) is 0 Å². The highest BCUT2D eigenvalue weighted by atomic mass is 16.5. The molecule has 0 aromatic rings. The Bertz CT molecular complexity index is 363. The lowest BCUT2D eigenvalue weighted by Crippen LogP contribution is -2.19. The molecule has 0 saturated carbocycles. The minimum Gasteiger partial charge on any atom is -0.466 e. The van der Waals surface area contributed by atoms with Gasteiger partial charge in [-0.05, 0) is 11.1 Å². The number of carbonyl (C=O) groups is 2. The van der Waals surface area contributed by atoms with Crippen LogP contribution in [0, 0.1) is 0 Å². The molecule has 0 saturated heterocycles. The zero-order valence-corrected chi connectivity index (χ0v) is 9.46. The monoisotopic (exact) mass is 222 g/mol. The highest BCUT2D eigenvalue weighted by Crippen LogP contribution is 2.32. The fourth-order valence-corrected chi connectivity index (χ4v) is 1.53. The maximum absolute atomic E-state index is 11.5. The highest BCUT2D eigenvalue weighted by Gasteiger charge is 2.28. The summed E-state index contributed by atoms with van der Waals surface area (Å²) in [6.45, 7) is 7.58. The highest BCUT2D eigenvalue weighted by molar-refractivity contribution is 6.01. The topological polar surface area (TPSA) is 52.6 Å². The van der Waals surface area contributed by atoms with Crippen molar-refractivity contribution in [3.05, 3.63) is 35.5 Å². The lowest BCUT2D eigenvalue weighted by molar-refractivity contribution is -0.139. The molecule has 0 atom stereocenters. The van der Waals surface area contributed by atoms with E-state index < -0.39 is 11.9 Å². The smallest absolute Gasteiger partial charge is 0.334 e. The van der Waals surface area contributed by atoms with Gasteiger partial charge in [0.15, 0.2) is 0 Å². The SMILES string of the molecule is C=C1CC(C(=O)OC)=C(C(=O)OC)CC1=C. The first-order valence-electron chi connectivity index (χ1n) is 4.75. The average Bonchev–Trinajstić information content (AvgIpc) is 2.30. The molecule has 4 nitrogen and oxygen atoms in total. The summed E-state index contributed by atoms with van der Waals surface area (Å²) < 4.78 is 9.25. The van der Waals surface area contributed by atoms with Gasteiger partial charge in [-0.1, -0.05) is 13.2 Å². The molecule has 0 aromatic carbocycles. The molecule has 0 heterocycles. The first kappa shape index (κ1) is 12.2. The van der Waals surface area contributed by atoms with Crippen LogP contribution in [0.2, 0.25) is 0 Å². The van der Waals surface area contributed by atoms with Gasteiger partial charge in [-0.2, -0.15) is 0 Å². The molecule has 4 heteroatoms. The number of methoxy groups -OCH3 is 2. The normalized spacial score (nSPS) is 16.1. The van der Waals surface area contributed by atoms with Gasteiger partial charge in [-0.3, -0.25) is 0 Å². The van der Waals surface area contributed by atoms with Gasteiger partial charge in [0.1, 0.15) is 0 Å². The molecule has 0 fully saturated rings. The average molecular weight is 222 g/mol. The van der Waals surface area contributed by atoms with E-state index in [1.165, 1.54) is 14.2 Å². The number of esters is 2. The van der Waals surface area contributed by atoms with Crippen LogP contribution < -0.4 is 0 Å². The summed E-state index contributed by atoms with van der Waals surface area (Å²) in [4.78, 5) is 23.0. The molecule has 0 aromatic heterocycles. The molecule has 0 N–H and O–H groups in total. The van der Waals surface area contributed by atoms with Crippen molar-refractivity contribution in [2.75, 3.05) is 14.2 Å². The fourth-order valence-electron chi connectivity index (χ4n) is 1.53. The first-order chi connectivity index (χ1) is 7.51. The fraction of sp³-hybridized carbons (Fsp3) is 0.333. The van der Waals surface area contributed by atoms with E-state index >= 15 is 0 Å². The number of ether oxygens (including phenoxy) is 2. The number of allylic oxidation sites excluding steroid dienone is 2. The third-order valence-corrected chi connectivity index (χ3v) is 2.51. The van der Waals surface area contributed by atoms with Crippen molar-refractivity contribution in [3.63, 3.8) is 0 Å². The Morgan fingerprint density at radius 3 is 1.50 bits per heavy atom. The van der Waals surface area contributed by atoms with Crippen molar-refractivity contribution in [1.29, 1.82) is 0 Å². The maximum atomic E-state index is 11.5. The summed E-state index contributed by atoms with van der Waals surface area (Å²) >= 11 is 0. The molecule has 0 spiro atoms. The number of carbonyl (C=O) groups excluding carboxylic acids is 2. The molecular weight excluding hydrogens is 208 g/mol. The molecule has 1 aliphatic carbocycles. The Morgan fingerprint density at radius 1 is 0.938 bits per heavy atom. The van der Waals surface area contributed by atoms with Crippen LogP contribution >= 0.6 is 0 Å². The van der Waals surface area contributed by atoms with E-state index in [9.17, 15) is 9.59 Å². The molecule has 0 bridgehead atoms. The molecule has 0 unspecified atom stereocenters. The van der Waals surface area contributed by atoms with E-state index in [-0.39, 0.29) is 12.8 Å². The standard InChI is InChI=1S/C12H14O4/c1-7-5-9(11(13)15-3)10(6-8(7)2)12(14)16-4/h1-2,5-6H2,3-4H3. The second-order valence-corrected chi connectivity index (χ2v) is 3.50. The molecule has 86 valence electrons. The van der Waals surface area contributed by atoms with Gasteiger partial charge in [0.05, 0.1) is 25.4 Å². The molecule has 1 aliphatic rings. The Hall–Kier alpha value is -1.84. The zero-order valence-electron chi connectivity index (χ0n) is 9.46. The van der Waals surface area contributed by atoms with Crippen LogP contribution in [0.1, 0.15) is 12.8 Å². The van der Waals surface area contributed by atoms with E-state index in [1.54, 1.807) is 0 Å². The Morgan fingerprint density at radius 2 is 1.25 bits per heavy atom. The van der Waals surface area contributed by atoms with Crippen molar-refractivity contribution in [2.45, 2.75) is 12.8 Å². The van der Waals surface area contributed by atoms with Crippen molar-refractivity contribution in [3.8, 4) is 0 Å². The van der Waals surface area contributed by atoms with Gasteiger partial charge < -0.3 is 9.47 Å². The molecule has 16 heavy (non-hydrogen) atoms. The molecule has 0 aliphatic heterocycles. The predicted octanol–water partition coefficient (Wildman–Crippen LogP) is 1.54. The second-order valence-electron chi connectivity index (χ2n) is 3.50. The number of rotatable bonds is 2. The maximum Gasteiger partial charge on any atom is 0.334 e. The van der Waals surface area contributed by atoms with Crippen molar-refractivity contribution in [2.24, 2.45) is 0 Å². The van der Waals surface area contributed by atoms with E-state index in [0.717, 1.165) is 11.1 Å². The van der Waals surface area contributed by atoms with E-state index in [1.807, 2.05) is 0 Å². The minimum atomic E-state index is -0.519. The van der Waals surface area contributed by atoms with Crippen LogP contribution in [0.3, 0.4) is 0 Å². The zero-order chi connectivity index (χ0) is 12.3. The van der Waals surface area contributed by atoms with Gasteiger partial charge in [-0.25, -0.2) is 9.59 Å². The van der Waals surface area contributed by atoms with Crippen LogP contribution in [0.5, 0.6) is 0 Å². The Labute approximate surface area is 94.2 Å². The van der Waals surface area contributed by atoms with Crippen molar-refractivity contribution < 1.29 is 19.1 Å². The summed E-state index contributed by atoms with van der Waals surface area (Å²) in [7, 11) is 2.55. The lowest BCUT2D eigenvalue weighted by atomic mass is 9.85. The summed E-state index contributed by atoms with van der Waals surface area (Å²) in [6, 6.07) is 0. The molecule has 1 rings (SSSR count). The number of hydrogen-bond donors (Lipinski definition) is 0. The molecule has 0 amide bonds. The summed E-state index contributed by atoms with van der Waals surface area (Å²) in [5, 5.41) is 0. The van der Waals surface area contributed by atoms with Crippen LogP contribution in [-0.2, 0) is 19.1 Å². The molecular formula is C12H14O4. The van der Waals surface area contributed by atoms with Crippen LogP contribution in [-0.4, -0.2) is 26.2 Å². The van der Waals surface area contributed by atoms with E-state index in [4.69, 9.17) is 0 Å². The van der Waals surface area contributed by atoms with Crippen molar-refractivity contribution in [1.82, 2.24) is 0 Å². The van der Waals surface area contributed by atoms with Crippen LogP contribution in [0.25, 0.3) is 0 Å². The summed E-state index contributed by atoms with van der Waals surface area (Å²) in [5.41, 5.74) is 2.11. The molecule has 0 radical (unpaired) electrons. The van der Waals surface area contributed by atoms with Crippen LogP contribution in [0.15, 0.2) is 35.5 Å². The predicted molar refractivity (Wildman–Crippen MR) is 58.6 cm³/mol. The lowest BCUT2D eigenvalue weighted by Gasteiger charge is -2.20. The van der Waals surface area contributed by atoms with Crippen molar-refractivity contribution >= 4 is 11.9 Å². The van der Waals surface area contributed by atoms with Gasteiger partial charge in [-0.15, -0.1) is 0 Å². The third-order valence-electron chi connectivity index (χ3n) is 2.51. The summed E-state index contributed by atoms with van der Waals surface area (Å²) in [6.07, 6.45) is 0.575. The van der Waals surface area contributed by atoms with Gasteiger partial charge >= 0.3 is 11.9 Å². The first-order valence-corrected chi connectivity index (χ1v) is 4.75. The minimum absolute atomic E-state index is 0.288. The third kappa shape index (κ3) is 2.21. The van der Waals surface area contributed by atoms with E-state index in [0.29, 0.717) is 11.1 Å². The van der Waals surface area contributed by atoms with E-state index in [2.05, 4.69) is 22.6 Å². The second kappa shape index (κ2) is 4.79. The van der Waals surface area contributed by atoms with Crippen LogP contribution in [0.4, 0.5) is 0 Å². The largest absolute Gasteiger partial charge is 0.466 e. The van der Waals surface area contributed by atoms with Gasteiger partial charge in [0, 0.05) is 12.8 Å². The van der Waals surface area contributed by atoms with Gasteiger partial charge in [0.2, 0.25) is 0 Å². The Kier molecular flexibility index (Phi) is 3.66. The summed E-state index contributed by atoms with van der Waals surface area (Å²) in [5.74, 6) is -1.04. The Balaban J connectivity index is 3.18. The quantitative estimate of drug-likeness (QED) is 0.665. The number of hydrogen-bond acceptors (Lipinski definition) is 4.